The van der Waals surface area contributed by atoms with Crippen LogP contribution in [0.5, 0.6) is 0 Å². The predicted octanol–water partition coefficient (Wildman–Crippen LogP) is 3.62. The van der Waals surface area contributed by atoms with Crippen molar-refractivity contribution >= 4 is 0 Å². The highest BCUT2D eigenvalue weighted by Crippen LogP contribution is 2.31. The summed E-state index contributed by atoms with van der Waals surface area (Å²) in [4.78, 5) is 6.54. The van der Waals surface area contributed by atoms with Gasteiger partial charge in [-0.15, -0.1) is 6.58 Å². The topological polar surface area (TPSA) is 52.5 Å². The zero-order valence-corrected chi connectivity index (χ0v) is 10.0. The van der Waals surface area contributed by atoms with Gasteiger partial charge in [-0.25, -0.2) is 4.98 Å². The maximum absolute atomic E-state index is 13.6. The molecule has 0 saturated carbocycles. The smallest absolute Gasteiger partial charge is 0.292 e. The Hall–Kier alpha value is -2.48. The Morgan fingerprint density at radius 3 is 2.63 bits per heavy atom. The summed E-state index contributed by atoms with van der Waals surface area (Å²) in [5.41, 5.74) is 0.916. The number of hydrogen-bond acceptors (Lipinski definition) is 2. The molecule has 96 valence electrons. The number of allylic oxidation sites excluding steroid dienone is 1. The summed E-state index contributed by atoms with van der Waals surface area (Å²) >= 11 is 0. The van der Waals surface area contributed by atoms with Crippen LogP contribution in [0.25, 0.3) is 11.4 Å². The molecule has 0 atom stereocenters. The minimum atomic E-state index is -3.00. The summed E-state index contributed by atoms with van der Waals surface area (Å²) < 4.78 is 27.2. The van der Waals surface area contributed by atoms with E-state index in [1.54, 1.807) is 24.3 Å². The number of imidazole rings is 1. The van der Waals surface area contributed by atoms with Gasteiger partial charge in [-0.1, -0.05) is 6.08 Å². The molecule has 2 aromatic rings. The third-order valence-corrected chi connectivity index (χ3v) is 2.66. The molecule has 2 rings (SSSR count). The number of aromatic nitrogens is 2. The number of halogens is 2. The Labute approximate surface area is 109 Å². The van der Waals surface area contributed by atoms with E-state index in [1.807, 2.05) is 6.07 Å². The molecule has 5 heteroatoms. The van der Waals surface area contributed by atoms with Gasteiger partial charge < -0.3 is 4.98 Å². The molecular formula is C14H11F2N3. The van der Waals surface area contributed by atoms with Crippen molar-refractivity contribution < 1.29 is 8.78 Å². The number of aromatic amines is 1. The molecule has 3 nitrogen and oxygen atoms in total. The Morgan fingerprint density at radius 2 is 2.05 bits per heavy atom. The molecule has 0 aliphatic rings. The third-order valence-electron chi connectivity index (χ3n) is 2.66. The molecule has 0 unspecified atom stereocenters. The first-order chi connectivity index (χ1) is 9.06. The van der Waals surface area contributed by atoms with Gasteiger partial charge in [0.1, 0.15) is 11.5 Å². The highest BCUT2D eigenvalue weighted by Gasteiger charge is 2.32. The van der Waals surface area contributed by atoms with Crippen LogP contribution in [0.1, 0.15) is 17.7 Å². The zero-order valence-electron chi connectivity index (χ0n) is 10.0. The second-order valence-electron chi connectivity index (χ2n) is 4.03. The van der Waals surface area contributed by atoms with E-state index in [4.69, 9.17) is 5.26 Å². The van der Waals surface area contributed by atoms with E-state index in [-0.39, 0.29) is 5.69 Å². The number of rotatable bonds is 4. The third kappa shape index (κ3) is 2.68. The molecule has 1 aromatic carbocycles. The lowest BCUT2D eigenvalue weighted by Crippen LogP contribution is -2.12. The number of nitriles is 1. The number of hydrogen-bond donors (Lipinski definition) is 1. The molecule has 19 heavy (non-hydrogen) atoms. The summed E-state index contributed by atoms with van der Waals surface area (Å²) in [6.07, 6.45) is 1.85. The molecule has 1 aromatic heterocycles. The van der Waals surface area contributed by atoms with Crippen LogP contribution < -0.4 is 0 Å². The molecule has 1 heterocycles. The van der Waals surface area contributed by atoms with Crippen molar-refractivity contribution in [2.24, 2.45) is 0 Å². The van der Waals surface area contributed by atoms with Gasteiger partial charge in [-0.05, 0) is 24.3 Å². The Morgan fingerprint density at radius 1 is 1.37 bits per heavy atom. The van der Waals surface area contributed by atoms with Gasteiger partial charge >= 0.3 is 0 Å². The summed E-state index contributed by atoms with van der Waals surface area (Å²) in [7, 11) is 0. The SMILES string of the molecule is C=CCC(F)(F)c1cnc(-c2ccc(C#N)cc2)[nH]1. The highest BCUT2D eigenvalue weighted by molar-refractivity contribution is 5.56. The molecule has 0 fully saturated rings. The zero-order chi connectivity index (χ0) is 13.9. The van der Waals surface area contributed by atoms with E-state index in [2.05, 4.69) is 16.5 Å². The maximum atomic E-state index is 13.6. The summed E-state index contributed by atoms with van der Waals surface area (Å²) in [6, 6.07) is 8.53. The summed E-state index contributed by atoms with van der Waals surface area (Å²) in [5.74, 6) is -2.65. The van der Waals surface area contributed by atoms with Crippen molar-refractivity contribution in [2.45, 2.75) is 12.3 Å². The van der Waals surface area contributed by atoms with Crippen molar-refractivity contribution in [3.63, 3.8) is 0 Å². The molecule has 0 bridgehead atoms. The van der Waals surface area contributed by atoms with Crippen molar-refractivity contribution in [1.29, 1.82) is 5.26 Å². The Bertz CT molecular complexity index is 621. The van der Waals surface area contributed by atoms with E-state index < -0.39 is 12.3 Å². The molecule has 0 spiro atoms. The van der Waals surface area contributed by atoms with Gasteiger partial charge in [0.2, 0.25) is 0 Å². The van der Waals surface area contributed by atoms with Crippen LogP contribution in [0, 0.1) is 11.3 Å². The number of alkyl halides is 2. The Balaban J connectivity index is 2.30. The average Bonchev–Trinajstić information content (AvgIpc) is 2.89. The number of nitrogens with one attached hydrogen (secondary N) is 1. The van der Waals surface area contributed by atoms with Gasteiger partial charge in [-0.3, -0.25) is 0 Å². The van der Waals surface area contributed by atoms with E-state index in [0.717, 1.165) is 6.20 Å². The van der Waals surface area contributed by atoms with Crippen molar-refractivity contribution in [1.82, 2.24) is 9.97 Å². The van der Waals surface area contributed by atoms with Gasteiger partial charge in [-0.2, -0.15) is 14.0 Å². The maximum Gasteiger partial charge on any atom is 0.292 e. The normalized spacial score (nSPS) is 11.0. The standard InChI is InChI=1S/C14H11F2N3/c1-2-7-14(15,16)12-9-18-13(19-12)11-5-3-10(8-17)4-6-11/h2-6,9H,1,7H2,(H,18,19). The molecule has 0 amide bonds. The minimum absolute atomic E-state index is 0.244. The molecule has 1 N–H and O–H groups in total. The van der Waals surface area contributed by atoms with Crippen molar-refractivity contribution in [3.05, 3.63) is 54.4 Å². The van der Waals surface area contributed by atoms with Crippen LogP contribution in [0.3, 0.4) is 0 Å². The Kier molecular flexibility index (Phi) is 3.43. The molecule has 0 radical (unpaired) electrons. The number of benzene rings is 1. The molecule has 0 saturated heterocycles. The van der Waals surface area contributed by atoms with Crippen LogP contribution in [0.4, 0.5) is 8.78 Å². The second kappa shape index (κ2) is 5.02. The van der Waals surface area contributed by atoms with E-state index >= 15 is 0 Å². The van der Waals surface area contributed by atoms with Crippen LogP contribution in [-0.2, 0) is 5.92 Å². The van der Waals surface area contributed by atoms with Crippen LogP contribution >= 0.6 is 0 Å². The summed E-state index contributed by atoms with van der Waals surface area (Å²) in [5, 5.41) is 8.69. The lowest BCUT2D eigenvalue weighted by Gasteiger charge is -2.11. The first kappa shape index (κ1) is 13.0. The summed E-state index contributed by atoms with van der Waals surface area (Å²) in [6.45, 7) is 3.31. The van der Waals surface area contributed by atoms with Crippen molar-refractivity contribution in [3.8, 4) is 17.5 Å². The van der Waals surface area contributed by atoms with Gasteiger partial charge in [0.05, 0.1) is 17.8 Å². The van der Waals surface area contributed by atoms with Crippen molar-refractivity contribution in [2.75, 3.05) is 0 Å². The fraction of sp³-hybridized carbons (Fsp3) is 0.143. The lowest BCUT2D eigenvalue weighted by atomic mass is 10.1. The largest absolute Gasteiger partial charge is 0.337 e. The van der Waals surface area contributed by atoms with Crippen LogP contribution in [0.15, 0.2) is 43.1 Å². The lowest BCUT2D eigenvalue weighted by molar-refractivity contribution is -0.00493. The van der Waals surface area contributed by atoms with Gasteiger partial charge in [0.25, 0.3) is 5.92 Å². The van der Waals surface area contributed by atoms with Gasteiger partial charge in [0, 0.05) is 12.0 Å². The van der Waals surface area contributed by atoms with Crippen LogP contribution in [0.2, 0.25) is 0 Å². The highest BCUT2D eigenvalue weighted by atomic mass is 19.3. The fourth-order valence-corrected chi connectivity index (χ4v) is 1.65. The number of nitrogens with zero attached hydrogens (tertiary/aromatic N) is 2. The molecule has 0 aliphatic heterocycles. The first-order valence-corrected chi connectivity index (χ1v) is 5.61. The van der Waals surface area contributed by atoms with E-state index in [1.165, 1.54) is 6.08 Å². The van der Waals surface area contributed by atoms with E-state index in [9.17, 15) is 8.78 Å². The van der Waals surface area contributed by atoms with Gasteiger partial charge in [0.15, 0.2) is 0 Å². The predicted molar refractivity (Wildman–Crippen MR) is 67.4 cm³/mol. The molecular weight excluding hydrogens is 248 g/mol. The fourth-order valence-electron chi connectivity index (χ4n) is 1.65. The van der Waals surface area contributed by atoms with E-state index in [0.29, 0.717) is 17.0 Å². The quantitative estimate of drug-likeness (QED) is 0.852. The second-order valence-corrected chi connectivity index (χ2v) is 4.03. The first-order valence-electron chi connectivity index (χ1n) is 5.61. The molecule has 0 aliphatic carbocycles. The number of H-pyrrole nitrogens is 1. The van der Waals surface area contributed by atoms with Crippen LogP contribution in [-0.4, -0.2) is 9.97 Å². The monoisotopic (exact) mass is 259 g/mol. The minimum Gasteiger partial charge on any atom is -0.337 e. The average molecular weight is 259 g/mol.